The summed E-state index contributed by atoms with van der Waals surface area (Å²) in [6.07, 6.45) is 14.8. The van der Waals surface area contributed by atoms with Crippen LogP contribution in [-0.4, -0.2) is 37.6 Å². The monoisotopic (exact) mass is 218 g/mol. The van der Waals surface area contributed by atoms with E-state index in [1.165, 1.54) is 25.0 Å². The molecular weight excluding hydrogens is 196 g/mol. The fraction of sp³-hybridized carbons (Fsp3) is 0.571. The van der Waals surface area contributed by atoms with Gasteiger partial charge in [0.1, 0.15) is 0 Å². The quantitative estimate of drug-likeness (QED) is 0.777. The molecule has 0 aromatic carbocycles. The summed E-state index contributed by atoms with van der Waals surface area (Å²) in [5.74, 6) is 0. The van der Waals surface area contributed by atoms with Crippen molar-refractivity contribution in [3.63, 3.8) is 0 Å². The molecule has 2 nitrogen and oxygen atoms in total. The Morgan fingerprint density at radius 1 is 1.44 bits per heavy atom. The lowest BCUT2D eigenvalue weighted by Gasteiger charge is -2.21. The molecule has 0 amide bonds. The van der Waals surface area contributed by atoms with Crippen LogP contribution in [0.4, 0.5) is 0 Å². The van der Waals surface area contributed by atoms with Gasteiger partial charge in [-0.15, -0.1) is 0 Å². The third-order valence-electron chi connectivity index (χ3n) is 3.20. The molecule has 1 aliphatic carbocycles. The Balaban J connectivity index is 1.79. The van der Waals surface area contributed by atoms with Crippen molar-refractivity contribution in [2.45, 2.75) is 25.3 Å². The van der Waals surface area contributed by atoms with Crippen molar-refractivity contribution < 1.29 is 0 Å². The minimum atomic E-state index is 0.705. The molecule has 2 aliphatic rings. The smallest absolute Gasteiger partial charge is 0.0231 e. The number of nitrogens with one attached hydrogen (secondary N) is 1. The summed E-state index contributed by atoms with van der Waals surface area (Å²) < 4.78 is 0. The Hall–Kier alpha value is -0.860. The maximum Gasteiger partial charge on any atom is 0.0231 e. The third kappa shape index (κ3) is 3.62. The highest BCUT2D eigenvalue weighted by atomic mass is 15.1. The minimum Gasteiger partial charge on any atom is -0.313 e. The third-order valence-corrected chi connectivity index (χ3v) is 3.20. The Labute approximate surface area is 98.7 Å². The van der Waals surface area contributed by atoms with Gasteiger partial charge in [-0.1, -0.05) is 30.4 Å². The summed E-state index contributed by atoms with van der Waals surface area (Å²) in [6, 6.07) is 0.705. The van der Waals surface area contributed by atoms with Crippen molar-refractivity contribution in [2.75, 3.05) is 26.7 Å². The topological polar surface area (TPSA) is 15.3 Å². The first-order valence-corrected chi connectivity index (χ1v) is 6.29. The Kier molecular flexibility index (Phi) is 4.37. The molecule has 0 bridgehead atoms. The van der Waals surface area contributed by atoms with E-state index in [-0.39, 0.29) is 0 Å². The van der Waals surface area contributed by atoms with Gasteiger partial charge in [-0.05, 0) is 38.4 Å². The lowest BCUT2D eigenvalue weighted by atomic mass is 10.2. The van der Waals surface area contributed by atoms with Crippen LogP contribution >= 0.6 is 0 Å². The van der Waals surface area contributed by atoms with Gasteiger partial charge < -0.3 is 10.2 Å². The Morgan fingerprint density at radius 3 is 3.19 bits per heavy atom. The van der Waals surface area contributed by atoms with Gasteiger partial charge in [-0.3, -0.25) is 0 Å². The largest absolute Gasteiger partial charge is 0.313 e. The van der Waals surface area contributed by atoms with Crippen molar-refractivity contribution in [3.05, 3.63) is 36.0 Å². The second-order valence-corrected chi connectivity index (χ2v) is 4.80. The van der Waals surface area contributed by atoms with Gasteiger partial charge in [0.2, 0.25) is 0 Å². The molecule has 88 valence electrons. The molecular formula is C14H22N2. The number of hydrogen-bond donors (Lipinski definition) is 1. The van der Waals surface area contributed by atoms with E-state index >= 15 is 0 Å². The molecule has 2 heteroatoms. The van der Waals surface area contributed by atoms with Crippen LogP contribution in [0.2, 0.25) is 0 Å². The second kappa shape index (κ2) is 6.02. The van der Waals surface area contributed by atoms with Crippen LogP contribution in [0, 0.1) is 0 Å². The molecule has 1 unspecified atom stereocenters. The van der Waals surface area contributed by atoms with Gasteiger partial charge in [0.25, 0.3) is 0 Å². The van der Waals surface area contributed by atoms with Crippen LogP contribution in [0.3, 0.4) is 0 Å². The van der Waals surface area contributed by atoms with Crippen molar-refractivity contribution in [1.29, 1.82) is 0 Å². The van der Waals surface area contributed by atoms with E-state index in [1.54, 1.807) is 0 Å². The lowest BCUT2D eigenvalue weighted by molar-refractivity contribution is 0.324. The maximum absolute atomic E-state index is 3.54. The average Bonchev–Trinajstić information content (AvgIpc) is 2.62. The molecule has 0 aromatic rings. The van der Waals surface area contributed by atoms with Crippen LogP contribution in [-0.2, 0) is 0 Å². The minimum absolute atomic E-state index is 0.705. The van der Waals surface area contributed by atoms with Crippen LogP contribution in [0.1, 0.15) is 19.3 Å². The number of rotatable bonds is 4. The fourth-order valence-corrected chi connectivity index (χ4v) is 2.39. The van der Waals surface area contributed by atoms with E-state index < -0.39 is 0 Å². The zero-order chi connectivity index (χ0) is 11.2. The SMILES string of the molecule is CN(CC1=CC=CCC=C1)CC1CCCN1. The molecule has 2 rings (SSSR count). The lowest BCUT2D eigenvalue weighted by Crippen LogP contribution is -2.36. The van der Waals surface area contributed by atoms with Gasteiger partial charge in [0.15, 0.2) is 0 Å². The molecule has 1 fully saturated rings. The highest BCUT2D eigenvalue weighted by Crippen LogP contribution is 2.09. The van der Waals surface area contributed by atoms with Gasteiger partial charge in [-0.25, -0.2) is 0 Å². The van der Waals surface area contributed by atoms with Crippen LogP contribution in [0.5, 0.6) is 0 Å². The highest BCUT2D eigenvalue weighted by molar-refractivity contribution is 5.28. The summed E-state index contributed by atoms with van der Waals surface area (Å²) in [5.41, 5.74) is 1.41. The molecule has 1 saturated heterocycles. The number of likely N-dealkylation sites (N-methyl/N-ethyl adjacent to an activating group) is 1. The number of allylic oxidation sites excluding steroid dienone is 4. The van der Waals surface area contributed by atoms with Crippen LogP contribution < -0.4 is 5.32 Å². The van der Waals surface area contributed by atoms with Gasteiger partial charge in [0, 0.05) is 19.1 Å². The molecule has 1 heterocycles. The second-order valence-electron chi connectivity index (χ2n) is 4.80. The van der Waals surface area contributed by atoms with Crippen LogP contribution in [0.15, 0.2) is 36.0 Å². The predicted molar refractivity (Wildman–Crippen MR) is 69.5 cm³/mol. The summed E-state index contributed by atoms with van der Waals surface area (Å²) in [4.78, 5) is 2.42. The summed E-state index contributed by atoms with van der Waals surface area (Å²) in [7, 11) is 2.21. The molecule has 1 N–H and O–H groups in total. The molecule has 0 aromatic heterocycles. The van der Waals surface area contributed by atoms with E-state index in [2.05, 4.69) is 47.6 Å². The summed E-state index contributed by atoms with van der Waals surface area (Å²) >= 11 is 0. The van der Waals surface area contributed by atoms with Crippen molar-refractivity contribution in [2.24, 2.45) is 0 Å². The van der Waals surface area contributed by atoms with Crippen molar-refractivity contribution in [1.82, 2.24) is 10.2 Å². The summed E-state index contributed by atoms with van der Waals surface area (Å²) in [5, 5.41) is 3.54. The fourth-order valence-electron chi connectivity index (χ4n) is 2.39. The van der Waals surface area contributed by atoms with E-state index in [0.717, 1.165) is 19.5 Å². The first-order valence-electron chi connectivity index (χ1n) is 6.29. The van der Waals surface area contributed by atoms with Crippen molar-refractivity contribution >= 4 is 0 Å². The molecule has 0 saturated carbocycles. The molecule has 16 heavy (non-hydrogen) atoms. The van der Waals surface area contributed by atoms with E-state index in [9.17, 15) is 0 Å². The maximum atomic E-state index is 3.54. The van der Waals surface area contributed by atoms with E-state index in [0.29, 0.717) is 6.04 Å². The number of nitrogens with zero attached hydrogens (tertiary/aromatic N) is 1. The van der Waals surface area contributed by atoms with Crippen molar-refractivity contribution in [3.8, 4) is 0 Å². The first kappa shape index (κ1) is 11.6. The zero-order valence-corrected chi connectivity index (χ0v) is 10.2. The first-order chi connectivity index (χ1) is 7.84. The Bertz CT molecular complexity index is 296. The molecule has 0 spiro atoms. The zero-order valence-electron chi connectivity index (χ0n) is 10.2. The normalized spacial score (nSPS) is 24.9. The predicted octanol–water partition coefficient (Wildman–Crippen LogP) is 2.11. The summed E-state index contributed by atoms with van der Waals surface area (Å²) in [6.45, 7) is 3.41. The number of hydrogen-bond acceptors (Lipinski definition) is 2. The van der Waals surface area contributed by atoms with Gasteiger partial charge in [0.05, 0.1) is 0 Å². The van der Waals surface area contributed by atoms with E-state index in [1.807, 2.05) is 0 Å². The molecule has 1 aliphatic heterocycles. The molecule has 1 atom stereocenters. The van der Waals surface area contributed by atoms with Gasteiger partial charge in [-0.2, -0.15) is 0 Å². The highest BCUT2D eigenvalue weighted by Gasteiger charge is 2.15. The van der Waals surface area contributed by atoms with Crippen LogP contribution in [0.25, 0.3) is 0 Å². The Morgan fingerprint density at radius 2 is 2.38 bits per heavy atom. The van der Waals surface area contributed by atoms with E-state index in [4.69, 9.17) is 0 Å². The van der Waals surface area contributed by atoms with Gasteiger partial charge >= 0.3 is 0 Å². The molecule has 0 radical (unpaired) electrons. The average molecular weight is 218 g/mol. The standard InChI is InChI=1S/C14H22N2/c1-16(12-14-9-6-10-15-14)11-13-7-4-2-3-5-8-13/h2,4-5,7-8,14-15H,3,6,9-12H2,1H3.